The first-order chi connectivity index (χ1) is 10.1. The van der Waals surface area contributed by atoms with Gasteiger partial charge in [-0.05, 0) is 47.2 Å². The zero-order valence-electron chi connectivity index (χ0n) is 10.9. The van der Waals surface area contributed by atoms with E-state index in [2.05, 4.69) is 0 Å². The SMILES string of the molecule is O=[N+]([O-])c1ccc(Oc2ccc3ccc(O)cc3c2)cc1. The van der Waals surface area contributed by atoms with Crippen molar-refractivity contribution in [3.8, 4) is 17.2 Å². The molecule has 0 aliphatic heterocycles. The summed E-state index contributed by atoms with van der Waals surface area (Å²) in [6.07, 6.45) is 0. The molecule has 0 aromatic heterocycles. The van der Waals surface area contributed by atoms with Crippen molar-refractivity contribution in [1.29, 1.82) is 0 Å². The monoisotopic (exact) mass is 281 g/mol. The molecular weight excluding hydrogens is 270 g/mol. The van der Waals surface area contributed by atoms with E-state index in [-0.39, 0.29) is 11.4 Å². The van der Waals surface area contributed by atoms with Gasteiger partial charge in [0.1, 0.15) is 17.2 Å². The van der Waals surface area contributed by atoms with Gasteiger partial charge < -0.3 is 9.84 Å². The van der Waals surface area contributed by atoms with Crippen LogP contribution in [0.2, 0.25) is 0 Å². The van der Waals surface area contributed by atoms with Gasteiger partial charge in [-0.1, -0.05) is 12.1 Å². The van der Waals surface area contributed by atoms with Gasteiger partial charge in [-0.3, -0.25) is 10.1 Å². The molecule has 5 heteroatoms. The third-order valence-corrected chi connectivity index (χ3v) is 3.08. The quantitative estimate of drug-likeness (QED) is 0.575. The van der Waals surface area contributed by atoms with Gasteiger partial charge in [0, 0.05) is 12.1 Å². The standard InChI is InChI=1S/C16H11NO4/c18-14-5-1-11-2-6-16(10-12(11)9-14)21-15-7-3-13(4-8-15)17(19)20/h1-10,18H. The number of aromatic hydroxyl groups is 1. The summed E-state index contributed by atoms with van der Waals surface area (Å²) in [5.41, 5.74) is 0.0192. The van der Waals surface area contributed by atoms with Crippen molar-refractivity contribution in [1.82, 2.24) is 0 Å². The second-order valence-electron chi connectivity index (χ2n) is 4.55. The van der Waals surface area contributed by atoms with Crippen LogP contribution in [0, 0.1) is 10.1 Å². The molecule has 0 fully saturated rings. The zero-order chi connectivity index (χ0) is 14.8. The molecule has 21 heavy (non-hydrogen) atoms. The molecule has 0 saturated heterocycles. The van der Waals surface area contributed by atoms with Crippen molar-refractivity contribution in [2.24, 2.45) is 0 Å². The second kappa shape index (κ2) is 5.13. The highest BCUT2D eigenvalue weighted by atomic mass is 16.6. The molecule has 3 aromatic carbocycles. The van der Waals surface area contributed by atoms with Gasteiger partial charge >= 0.3 is 0 Å². The average molecular weight is 281 g/mol. The fourth-order valence-corrected chi connectivity index (χ4v) is 2.05. The molecule has 0 unspecified atom stereocenters. The van der Waals surface area contributed by atoms with Crippen LogP contribution in [0.5, 0.6) is 17.2 Å². The Morgan fingerprint density at radius 1 is 0.857 bits per heavy atom. The summed E-state index contributed by atoms with van der Waals surface area (Å²) in [4.78, 5) is 10.1. The van der Waals surface area contributed by atoms with E-state index in [0.29, 0.717) is 11.5 Å². The van der Waals surface area contributed by atoms with Crippen LogP contribution >= 0.6 is 0 Å². The molecule has 104 valence electrons. The number of hydrogen-bond donors (Lipinski definition) is 1. The van der Waals surface area contributed by atoms with Crippen molar-refractivity contribution in [3.05, 3.63) is 70.8 Å². The first-order valence-corrected chi connectivity index (χ1v) is 6.27. The molecule has 1 N–H and O–H groups in total. The van der Waals surface area contributed by atoms with Gasteiger partial charge in [-0.15, -0.1) is 0 Å². The molecule has 0 heterocycles. The van der Waals surface area contributed by atoms with E-state index in [4.69, 9.17) is 4.74 Å². The van der Waals surface area contributed by atoms with E-state index in [9.17, 15) is 15.2 Å². The number of phenolic OH excluding ortho intramolecular Hbond substituents is 1. The highest BCUT2D eigenvalue weighted by Gasteiger charge is 2.05. The molecule has 0 aliphatic rings. The molecule has 0 aliphatic carbocycles. The number of hydrogen-bond acceptors (Lipinski definition) is 4. The van der Waals surface area contributed by atoms with E-state index in [1.54, 1.807) is 36.4 Å². The van der Waals surface area contributed by atoms with Crippen molar-refractivity contribution >= 4 is 16.5 Å². The van der Waals surface area contributed by atoms with Crippen LogP contribution in [0.4, 0.5) is 5.69 Å². The van der Waals surface area contributed by atoms with Crippen molar-refractivity contribution in [2.75, 3.05) is 0 Å². The molecule has 0 spiro atoms. The number of rotatable bonds is 3. The predicted molar refractivity (Wildman–Crippen MR) is 78.8 cm³/mol. The summed E-state index contributed by atoms with van der Waals surface area (Å²) >= 11 is 0. The minimum absolute atomic E-state index is 0.0192. The number of benzene rings is 3. The molecule has 0 radical (unpaired) electrons. The Morgan fingerprint density at radius 3 is 2.24 bits per heavy atom. The summed E-state index contributed by atoms with van der Waals surface area (Å²) in [6.45, 7) is 0. The summed E-state index contributed by atoms with van der Waals surface area (Å²) in [5.74, 6) is 1.30. The van der Waals surface area contributed by atoms with Crippen molar-refractivity contribution in [2.45, 2.75) is 0 Å². The van der Waals surface area contributed by atoms with Gasteiger partial charge in [0.05, 0.1) is 4.92 Å². The molecule has 0 bridgehead atoms. The lowest BCUT2D eigenvalue weighted by Crippen LogP contribution is -1.88. The molecule has 5 nitrogen and oxygen atoms in total. The van der Waals surface area contributed by atoms with Crippen LogP contribution in [0.25, 0.3) is 10.8 Å². The Kier molecular flexibility index (Phi) is 3.16. The largest absolute Gasteiger partial charge is 0.508 e. The smallest absolute Gasteiger partial charge is 0.269 e. The highest BCUT2D eigenvalue weighted by Crippen LogP contribution is 2.28. The van der Waals surface area contributed by atoms with E-state index in [1.165, 1.54) is 12.1 Å². The number of nitro benzene ring substituents is 1. The Bertz CT molecular complexity index is 812. The molecule has 0 saturated carbocycles. The lowest BCUT2D eigenvalue weighted by Gasteiger charge is -2.07. The van der Waals surface area contributed by atoms with Gasteiger partial charge in [0.25, 0.3) is 5.69 Å². The first kappa shape index (κ1) is 12.9. The minimum atomic E-state index is -0.456. The first-order valence-electron chi connectivity index (χ1n) is 6.27. The molecule has 3 rings (SSSR count). The van der Waals surface area contributed by atoms with Crippen LogP contribution < -0.4 is 4.74 Å². The lowest BCUT2D eigenvalue weighted by atomic mass is 10.1. The van der Waals surface area contributed by atoms with E-state index in [0.717, 1.165) is 10.8 Å². The molecule has 0 amide bonds. The minimum Gasteiger partial charge on any atom is -0.508 e. The van der Waals surface area contributed by atoms with Crippen molar-refractivity contribution < 1.29 is 14.8 Å². The number of nitrogens with zero attached hydrogens (tertiary/aromatic N) is 1. The maximum Gasteiger partial charge on any atom is 0.269 e. The maximum atomic E-state index is 10.6. The number of nitro groups is 1. The van der Waals surface area contributed by atoms with Crippen LogP contribution in [-0.4, -0.2) is 10.0 Å². The molecular formula is C16H11NO4. The Hall–Kier alpha value is -3.08. The van der Waals surface area contributed by atoms with E-state index in [1.807, 2.05) is 12.1 Å². The normalized spacial score (nSPS) is 10.5. The van der Waals surface area contributed by atoms with Crippen molar-refractivity contribution in [3.63, 3.8) is 0 Å². The second-order valence-corrected chi connectivity index (χ2v) is 4.55. The predicted octanol–water partition coefficient (Wildman–Crippen LogP) is 4.25. The van der Waals surface area contributed by atoms with Gasteiger partial charge in [-0.25, -0.2) is 0 Å². The lowest BCUT2D eigenvalue weighted by molar-refractivity contribution is -0.384. The maximum absolute atomic E-state index is 10.6. The van der Waals surface area contributed by atoms with Crippen LogP contribution in [0.1, 0.15) is 0 Å². The van der Waals surface area contributed by atoms with Gasteiger partial charge in [-0.2, -0.15) is 0 Å². The van der Waals surface area contributed by atoms with Gasteiger partial charge in [0.15, 0.2) is 0 Å². The third-order valence-electron chi connectivity index (χ3n) is 3.08. The summed E-state index contributed by atoms with van der Waals surface area (Å²) in [5, 5.41) is 21.9. The number of fused-ring (bicyclic) bond motifs is 1. The van der Waals surface area contributed by atoms with Crippen LogP contribution in [-0.2, 0) is 0 Å². The van der Waals surface area contributed by atoms with Crippen LogP contribution in [0.3, 0.4) is 0 Å². The third kappa shape index (κ3) is 2.76. The average Bonchev–Trinajstić information content (AvgIpc) is 2.47. The number of ether oxygens (including phenoxy) is 1. The number of phenols is 1. The Balaban J connectivity index is 1.88. The van der Waals surface area contributed by atoms with Gasteiger partial charge in [0.2, 0.25) is 0 Å². The summed E-state index contributed by atoms with van der Waals surface area (Å²) in [7, 11) is 0. The van der Waals surface area contributed by atoms with E-state index >= 15 is 0 Å². The molecule has 0 atom stereocenters. The fraction of sp³-hybridized carbons (Fsp3) is 0. The molecule has 3 aromatic rings. The number of non-ortho nitro benzene ring substituents is 1. The highest BCUT2D eigenvalue weighted by molar-refractivity contribution is 5.85. The zero-order valence-corrected chi connectivity index (χ0v) is 10.9. The van der Waals surface area contributed by atoms with Crippen LogP contribution in [0.15, 0.2) is 60.7 Å². The Morgan fingerprint density at radius 2 is 1.52 bits per heavy atom. The van der Waals surface area contributed by atoms with E-state index < -0.39 is 4.92 Å². The summed E-state index contributed by atoms with van der Waals surface area (Å²) < 4.78 is 5.66. The fourth-order valence-electron chi connectivity index (χ4n) is 2.05. The summed E-state index contributed by atoms with van der Waals surface area (Å²) in [6, 6.07) is 16.5. The Labute approximate surface area is 120 Å². The topological polar surface area (TPSA) is 72.6 Å².